The van der Waals surface area contributed by atoms with Crippen molar-refractivity contribution in [3.63, 3.8) is 0 Å². The van der Waals surface area contributed by atoms with Crippen molar-refractivity contribution in [2.75, 3.05) is 28.3 Å². The number of hydrogen-bond donors (Lipinski definition) is 0. The normalized spacial score (nSPS) is 21.2. The van der Waals surface area contributed by atoms with Gasteiger partial charge in [-0.25, -0.2) is 12.7 Å². The molecule has 1 aliphatic carbocycles. The molecule has 0 aliphatic heterocycles. The van der Waals surface area contributed by atoms with Gasteiger partial charge < -0.3 is 9.64 Å². The molecule has 1 amide bonds. The Balaban J connectivity index is 2.31. The van der Waals surface area contributed by atoms with Gasteiger partial charge in [-0.05, 0) is 49.8 Å². The van der Waals surface area contributed by atoms with Crippen molar-refractivity contribution in [1.82, 2.24) is 9.21 Å². The Bertz CT molecular complexity index is 723. The summed E-state index contributed by atoms with van der Waals surface area (Å²) in [6.07, 6.45) is 4.21. The zero-order valence-electron chi connectivity index (χ0n) is 15.7. The molecule has 0 aromatic heterocycles. The molecule has 1 fully saturated rings. The van der Waals surface area contributed by atoms with E-state index in [0.29, 0.717) is 11.5 Å². The van der Waals surface area contributed by atoms with Crippen molar-refractivity contribution in [3.05, 3.63) is 23.8 Å². The van der Waals surface area contributed by atoms with Crippen LogP contribution in [0, 0.1) is 5.92 Å². The van der Waals surface area contributed by atoms with Crippen LogP contribution in [0.2, 0.25) is 0 Å². The van der Waals surface area contributed by atoms with Crippen molar-refractivity contribution in [2.24, 2.45) is 5.92 Å². The molecule has 1 aromatic rings. The van der Waals surface area contributed by atoms with Crippen LogP contribution in [0.15, 0.2) is 23.1 Å². The third-order valence-corrected chi connectivity index (χ3v) is 6.86. The topological polar surface area (TPSA) is 66.9 Å². The molecule has 1 aromatic carbocycles. The van der Waals surface area contributed by atoms with Crippen LogP contribution in [0.5, 0.6) is 5.75 Å². The Morgan fingerprint density at radius 2 is 1.72 bits per heavy atom. The highest BCUT2D eigenvalue weighted by Crippen LogP contribution is 2.30. The molecule has 1 aliphatic rings. The molecule has 0 spiro atoms. The standard InChI is InChI=1S/C18H28N2O4S/c1-13-6-9-15(10-7-13)20(4)18(21)14-8-11-16(24-5)17(12-14)25(22,23)19(2)3/h8,11-13,15H,6-7,9-10H2,1-5H3. The molecule has 0 atom stereocenters. The van der Waals surface area contributed by atoms with Crippen LogP contribution in [0.1, 0.15) is 43.0 Å². The SMILES string of the molecule is COc1ccc(C(=O)N(C)C2CCC(C)CC2)cc1S(=O)(=O)N(C)C. The molecule has 25 heavy (non-hydrogen) atoms. The van der Waals surface area contributed by atoms with Crippen LogP contribution in [0.4, 0.5) is 0 Å². The van der Waals surface area contributed by atoms with E-state index in [1.165, 1.54) is 27.3 Å². The number of nitrogens with zero attached hydrogens (tertiary/aromatic N) is 2. The van der Waals surface area contributed by atoms with E-state index < -0.39 is 10.0 Å². The first-order chi connectivity index (χ1) is 11.7. The Morgan fingerprint density at radius 1 is 1.12 bits per heavy atom. The van der Waals surface area contributed by atoms with E-state index in [2.05, 4.69) is 6.92 Å². The van der Waals surface area contributed by atoms with Gasteiger partial charge >= 0.3 is 0 Å². The molecule has 0 bridgehead atoms. The fourth-order valence-electron chi connectivity index (χ4n) is 3.21. The smallest absolute Gasteiger partial charge is 0.253 e. The molecule has 0 radical (unpaired) electrons. The van der Waals surface area contributed by atoms with Crippen molar-refractivity contribution in [3.8, 4) is 5.75 Å². The van der Waals surface area contributed by atoms with Gasteiger partial charge in [-0.2, -0.15) is 0 Å². The van der Waals surface area contributed by atoms with Gasteiger partial charge in [0.1, 0.15) is 10.6 Å². The predicted octanol–water partition coefficient (Wildman–Crippen LogP) is 2.60. The lowest BCUT2D eigenvalue weighted by atomic mass is 9.86. The van der Waals surface area contributed by atoms with Gasteiger partial charge in [0, 0.05) is 32.7 Å². The predicted molar refractivity (Wildman–Crippen MR) is 97.4 cm³/mol. The maximum atomic E-state index is 12.9. The molecule has 0 unspecified atom stereocenters. The van der Waals surface area contributed by atoms with E-state index in [4.69, 9.17) is 4.74 Å². The molecule has 0 N–H and O–H groups in total. The van der Waals surface area contributed by atoms with Crippen LogP contribution in [-0.4, -0.2) is 57.8 Å². The molecular weight excluding hydrogens is 340 g/mol. The number of benzene rings is 1. The third-order valence-electron chi connectivity index (χ3n) is 5.02. The van der Waals surface area contributed by atoms with Gasteiger partial charge in [0.05, 0.1) is 7.11 Å². The summed E-state index contributed by atoms with van der Waals surface area (Å²) in [7, 11) is 2.43. The molecule has 7 heteroatoms. The minimum absolute atomic E-state index is 0.0107. The molecule has 0 saturated heterocycles. The molecule has 6 nitrogen and oxygen atoms in total. The summed E-state index contributed by atoms with van der Waals surface area (Å²) in [5.74, 6) is 0.786. The average molecular weight is 368 g/mol. The number of carbonyl (C=O) groups excluding carboxylic acids is 1. The van der Waals surface area contributed by atoms with Crippen LogP contribution in [0.25, 0.3) is 0 Å². The van der Waals surface area contributed by atoms with Crippen molar-refractivity contribution in [2.45, 2.75) is 43.5 Å². The van der Waals surface area contributed by atoms with Crippen LogP contribution < -0.4 is 4.74 Å². The maximum absolute atomic E-state index is 12.9. The van der Waals surface area contributed by atoms with Crippen LogP contribution in [-0.2, 0) is 10.0 Å². The zero-order chi connectivity index (χ0) is 18.8. The molecule has 0 heterocycles. The summed E-state index contributed by atoms with van der Waals surface area (Å²) >= 11 is 0. The highest BCUT2D eigenvalue weighted by Gasteiger charge is 2.28. The lowest BCUT2D eigenvalue weighted by Gasteiger charge is -2.33. The van der Waals surface area contributed by atoms with Gasteiger partial charge in [0.2, 0.25) is 10.0 Å². The summed E-state index contributed by atoms with van der Waals surface area (Å²) in [4.78, 5) is 14.6. The zero-order valence-corrected chi connectivity index (χ0v) is 16.5. The second-order valence-corrected chi connectivity index (χ2v) is 9.10. The third kappa shape index (κ3) is 4.15. The van der Waals surface area contributed by atoms with Gasteiger partial charge in [-0.15, -0.1) is 0 Å². The largest absolute Gasteiger partial charge is 0.495 e. The number of hydrogen-bond acceptors (Lipinski definition) is 4. The minimum atomic E-state index is -3.70. The van der Waals surface area contributed by atoms with E-state index in [-0.39, 0.29) is 22.6 Å². The quantitative estimate of drug-likeness (QED) is 0.801. The number of rotatable bonds is 5. The van der Waals surface area contributed by atoms with Gasteiger partial charge in [-0.1, -0.05) is 6.92 Å². The van der Waals surface area contributed by atoms with Gasteiger partial charge in [0.15, 0.2) is 0 Å². The van der Waals surface area contributed by atoms with Crippen molar-refractivity contribution >= 4 is 15.9 Å². The second-order valence-electron chi connectivity index (χ2n) is 6.98. The maximum Gasteiger partial charge on any atom is 0.253 e. The lowest BCUT2D eigenvalue weighted by Crippen LogP contribution is -2.39. The molecule has 140 valence electrons. The number of sulfonamides is 1. The Hall–Kier alpha value is -1.60. The van der Waals surface area contributed by atoms with Crippen molar-refractivity contribution < 1.29 is 17.9 Å². The Kier molecular flexibility index (Phi) is 6.11. The molecule has 2 rings (SSSR count). The monoisotopic (exact) mass is 368 g/mol. The summed E-state index contributed by atoms with van der Waals surface area (Å²) in [5.41, 5.74) is 0.363. The van der Waals surface area contributed by atoms with E-state index in [1.54, 1.807) is 24.1 Å². The van der Waals surface area contributed by atoms with Gasteiger partial charge in [-0.3, -0.25) is 4.79 Å². The average Bonchev–Trinajstić information content (AvgIpc) is 2.60. The molecule has 1 saturated carbocycles. The lowest BCUT2D eigenvalue weighted by molar-refractivity contribution is 0.0679. The summed E-state index contributed by atoms with van der Waals surface area (Å²) in [6, 6.07) is 4.79. The second kappa shape index (κ2) is 7.74. The highest BCUT2D eigenvalue weighted by molar-refractivity contribution is 7.89. The fraction of sp³-hybridized carbons (Fsp3) is 0.611. The first-order valence-electron chi connectivity index (χ1n) is 8.56. The minimum Gasteiger partial charge on any atom is -0.495 e. The summed E-state index contributed by atoms with van der Waals surface area (Å²) in [6.45, 7) is 2.24. The van der Waals surface area contributed by atoms with Crippen LogP contribution in [0.3, 0.4) is 0 Å². The van der Waals surface area contributed by atoms with E-state index >= 15 is 0 Å². The van der Waals surface area contributed by atoms with Gasteiger partial charge in [0.25, 0.3) is 5.91 Å². The molecular formula is C18H28N2O4S. The number of methoxy groups -OCH3 is 1. The van der Waals surface area contributed by atoms with E-state index in [1.807, 2.05) is 0 Å². The van der Waals surface area contributed by atoms with Crippen LogP contribution >= 0.6 is 0 Å². The number of ether oxygens (including phenoxy) is 1. The Morgan fingerprint density at radius 3 is 2.24 bits per heavy atom. The van der Waals surface area contributed by atoms with Crippen molar-refractivity contribution in [1.29, 1.82) is 0 Å². The first-order valence-corrected chi connectivity index (χ1v) is 10.00. The van der Waals surface area contributed by atoms with E-state index in [9.17, 15) is 13.2 Å². The first kappa shape index (κ1) is 19.7. The number of carbonyl (C=O) groups is 1. The highest BCUT2D eigenvalue weighted by atomic mass is 32.2. The number of amides is 1. The fourth-order valence-corrected chi connectivity index (χ4v) is 4.28. The summed E-state index contributed by atoms with van der Waals surface area (Å²) < 4.78 is 31.3. The Labute approximate surface area is 150 Å². The summed E-state index contributed by atoms with van der Waals surface area (Å²) in [5, 5.41) is 0. The van der Waals surface area contributed by atoms with E-state index in [0.717, 1.165) is 30.0 Å².